The molecule has 27 heavy (non-hydrogen) atoms. The standard InChI is InChI=1S/C23H34N2O2/c1-24(23(26)21-9-4-3-5-10-21)18-19-12-15-25(16-13-19)17-14-20-8-6-7-11-22(20)27-2/h6-9,11,19H,3-5,10,12-18H2,1-2H3. The van der Waals surface area contributed by atoms with Crippen molar-refractivity contribution in [3.05, 3.63) is 41.5 Å². The van der Waals surface area contributed by atoms with Crippen molar-refractivity contribution in [1.29, 1.82) is 0 Å². The summed E-state index contributed by atoms with van der Waals surface area (Å²) in [5.41, 5.74) is 2.33. The van der Waals surface area contributed by atoms with Gasteiger partial charge < -0.3 is 14.5 Å². The van der Waals surface area contributed by atoms with Crippen molar-refractivity contribution in [2.24, 2.45) is 5.92 Å². The molecule has 1 saturated heterocycles. The van der Waals surface area contributed by atoms with Crippen molar-refractivity contribution >= 4 is 5.91 Å². The highest BCUT2D eigenvalue weighted by molar-refractivity contribution is 5.93. The van der Waals surface area contributed by atoms with Gasteiger partial charge in [-0.1, -0.05) is 24.3 Å². The average molecular weight is 371 g/mol. The van der Waals surface area contributed by atoms with Gasteiger partial charge in [0.05, 0.1) is 7.11 Å². The molecule has 148 valence electrons. The van der Waals surface area contributed by atoms with Gasteiger partial charge in [-0.15, -0.1) is 0 Å². The first kappa shape index (κ1) is 19.9. The van der Waals surface area contributed by atoms with Crippen LogP contribution >= 0.6 is 0 Å². The van der Waals surface area contributed by atoms with Gasteiger partial charge >= 0.3 is 0 Å². The lowest BCUT2D eigenvalue weighted by Gasteiger charge is -2.34. The molecule has 0 N–H and O–H groups in total. The van der Waals surface area contributed by atoms with Crippen LogP contribution in [0.4, 0.5) is 0 Å². The number of benzene rings is 1. The summed E-state index contributed by atoms with van der Waals surface area (Å²) in [6, 6.07) is 8.30. The Labute approximate surface area is 164 Å². The fourth-order valence-electron chi connectivity index (χ4n) is 4.33. The highest BCUT2D eigenvalue weighted by atomic mass is 16.5. The van der Waals surface area contributed by atoms with E-state index in [1.54, 1.807) is 7.11 Å². The Morgan fingerprint density at radius 2 is 2.00 bits per heavy atom. The molecule has 0 radical (unpaired) electrons. The van der Waals surface area contributed by atoms with Crippen molar-refractivity contribution in [2.45, 2.75) is 44.9 Å². The van der Waals surface area contributed by atoms with Crippen molar-refractivity contribution in [1.82, 2.24) is 9.80 Å². The van der Waals surface area contributed by atoms with Crippen molar-refractivity contribution in [3.8, 4) is 5.75 Å². The second-order valence-corrected chi connectivity index (χ2v) is 8.01. The summed E-state index contributed by atoms with van der Waals surface area (Å²) >= 11 is 0. The Balaban J connectivity index is 1.41. The molecule has 1 aromatic carbocycles. The zero-order valence-electron chi connectivity index (χ0n) is 17.0. The molecule has 0 unspecified atom stereocenters. The minimum atomic E-state index is 0.258. The number of likely N-dealkylation sites (tertiary alicyclic amines) is 1. The Morgan fingerprint density at radius 3 is 2.70 bits per heavy atom. The predicted molar refractivity (Wildman–Crippen MR) is 110 cm³/mol. The second kappa shape index (κ2) is 9.93. The number of allylic oxidation sites excluding steroid dienone is 1. The number of amides is 1. The number of carbonyl (C=O) groups excluding carboxylic acids is 1. The molecule has 1 aromatic rings. The lowest BCUT2D eigenvalue weighted by atomic mass is 9.94. The number of likely N-dealkylation sites (N-methyl/N-ethyl adjacent to an activating group) is 1. The molecule has 0 atom stereocenters. The molecule has 1 fully saturated rings. The fraction of sp³-hybridized carbons (Fsp3) is 0.609. The zero-order chi connectivity index (χ0) is 19.1. The van der Waals surface area contributed by atoms with E-state index in [0.29, 0.717) is 5.92 Å². The van der Waals surface area contributed by atoms with Gasteiger partial charge in [-0.25, -0.2) is 0 Å². The number of hydrogen-bond donors (Lipinski definition) is 0. The zero-order valence-corrected chi connectivity index (χ0v) is 17.0. The first-order chi connectivity index (χ1) is 13.2. The molecule has 4 heteroatoms. The van der Waals surface area contributed by atoms with Crippen LogP contribution in [0.2, 0.25) is 0 Å². The van der Waals surface area contributed by atoms with Gasteiger partial charge in [0.2, 0.25) is 5.91 Å². The number of carbonyl (C=O) groups is 1. The quantitative estimate of drug-likeness (QED) is 0.729. The summed E-state index contributed by atoms with van der Waals surface area (Å²) < 4.78 is 5.46. The topological polar surface area (TPSA) is 32.8 Å². The van der Waals surface area contributed by atoms with E-state index in [1.807, 2.05) is 24.1 Å². The van der Waals surface area contributed by atoms with E-state index in [4.69, 9.17) is 4.74 Å². The van der Waals surface area contributed by atoms with Crippen LogP contribution in [-0.4, -0.2) is 56.0 Å². The number of methoxy groups -OCH3 is 1. The van der Waals surface area contributed by atoms with Gasteiger partial charge in [0.25, 0.3) is 0 Å². The van der Waals surface area contributed by atoms with E-state index in [2.05, 4.69) is 23.1 Å². The van der Waals surface area contributed by atoms with Crippen molar-refractivity contribution in [2.75, 3.05) is 40.3 Å². The highest BCUT2D eigenvalue weighted by Crippen LogP contribution is 2.23. The minimum Gasteiger partial charge on any atom is -0.496 e. The van der Waals surface area contributed by atoms with Crippen LogP contribution in [-0.2, 0) is 11.2 Å². The molecule has 3 rings (SSSR count). The van der Waals surface area contributed by atoms with Gasteiger partial charge in [0.1, 0.15) is 5.75 Å². The van der Waals surface area contributed by atoms with Crippen molar-refractivity contribution in [3.63, 3.8) is 0 Å². The Kier molecular flexibility index (Phi) is 7.33. The number of nitrogens with zero attached hydrogens (tertiary/aromatic N) is 2. The molecule has 0 bridgehead atoms. The van der Waals surface area contributed by atoms with E-state index in [-0.39, 0.29) is 5.91 Å². The molecule has 1 amide bonds. The maximum Gasteiger partial charge on any atom is 0.249 e. The molecule has 1 aliphatic heterocycles. The summed E-state index contributed by atoms with van der Waals surface area (Å²) in [6.45, 7) is 4.24. The lowest BCUT2D eigenvalue weighted by molar-refractivity contribution is -0.126. The molecular weight excluding hydrogens is 336 g/mol. The smallest absolute Gasteiger partial charge is 0.249 e. The van der Waals surface area contributed by atoms with Crippen LogP contribution in [0, 0.1) is 5.92 Å². The van der Waals surface area contributed by atoms with Gasteiger partial charge in [-0.05, 0) is 75.6 Å². The van der Waals surface area contributed by atoms with Crippen LogP contribution in [0.25, 0.3) is 0 Å². The summed E-state index contributed by atoms with van der Waals surface area (Å²) in [7, 11) is 3.72. The van der Waals surface area contributed by atoms with Crippen LogP contribution in [0.3, 0.4) is 0 Å². The van der Waals surface area contributed by atoms with Gasteiger partial charge in [0.15, 0.2) is 0 Å². The van der Waals surface area contributed by atoms with Gasteiger partial charge in [-0.2, -0.15) is 0 Å². The lowest BCUT2D eigenvalue weighted by Crippen LogP contribution is -2.40. The molecule has 0 aromatic heterocycles. The molecule has 4 nitrogen and oxygen atoms in total. The van der Waals surface area contributed by atoms with E-state index in [9.17, 15) is 4.79 Å². The summed E-state index contributed by atoms with van der Waals surface area (Å²) in [6.07, 6.45) is 9.98. The summed E-state index contributed by atoms with van der Waals surface area (Å²) in [5.74, 6) is 1.88. The van der Waals surface area contributed by atoms with E-state index < -0.39 is 0 Å². The van der Waals surface area contributed by atoms with E-state index in [1.165, 1.54) is 24.8 Å². The Hall–Kier alpha value is -1.81. The molecule has 1 aliphatic carbocycles. The van der Waals surface area contributed by atoms with Gasteiger partial charge in [-0.3, -0.25) is 4.79 Å². The van der Waals surface area contributed by atoms with Crippen molar-refractivity contribution < 1.29 is 9.53 Å². The molecule has 1 heterocycles. The summed E-state index contributed by atoms with van der Waals surface area (Å²) in [5, 5.41) is 0. The van der Waals surface area contributed by atoms with E-state index >= 15 is 0 Å². The number of para-hydroxylation sites is 1. The molecular formula is C23H34N2O2. The normalized spacial score (nSPS) is 18.8. The maximum atomic E-state index is 12.6. The predicted octanol–water partition coefficient (Wildman–Crippen LogP) is 3.91. The van der Waals surface area contributed by atoms with Crippen LogP contribution in [0.1, 0.15) is 44.1 Å². The largest absolute Gasteiger partial charge is 0.496 e. The minimum absolute atomic E-state index is 0.258. The monoisotopic (exact) mass is 370 g/mol. The Bertz CT molecular complexity index is 648. The Morgan fingerprint density at radius 1 is 1.22 bits per heavy atom. The maximum absolute atomic E-state index is 12.6. The molecule has 0 spiro atoms. The molecule has 2 aliphatic rings. The summed E-state index contributed by atoms with van der Waals surface area (Å²) in [4.78, 5) is 17.1. The third-order valence-electron chi connectivity index (χ3n) is 6.04. The first-order valence-electron chi connectivity index (χ1n) is 10.5. The third-order valence-corrected chi connectivity index (χ3v) is 6.04. The highest BCUT2D eigenvalue weighted by Gasteiger charge is 2.23. The van der Waals surface area contributed by atoms with Gasteiger partial charge in [0, 0.05) is 25.7 Å². The fourth-order valence-corrected chi connectivity index (χ4v) is 4.33. The average Bonchev–Trinajstić information content (AvgIpc) is 2.73. The third kappa shape index (κ3) is 5.58. The van der Waals surface area contributed by atoms with E-state index in [0.717, 1.165) is 63.2 Å². The van der Waals surface area contributed by atoms with Crippen LogP contribution in [0.15, 0.2) is 35.9 Å². The first-order valence-corrected chi connectivity index (χ1v) is 10.5. The second-order valence-electron chi connectivity index (χ2n) is 8.01. The number of piperidine rings is 1. The molecule has 0 saturated carbocycles. The number of ether oxygens (including phenoxy) is 1. The van der Waals surface area contributed by atoms with Crippen LogP contribution in [0.5, 0.6) is 5.75 Å². The van der Waals surface area contributed by atoms with Crippen LogP contribution < -0.4 is 4.74 Å². The number of rotatable bonds is 7. The SMILES string of the molecule is COc1ccccc1CCN1CCC(CN(C)C(=O)C2=CCCCC2)CC1. The number of hydrogen-bond acceptors (Lipinski definition) is 3.